The van der Waals surface area contributed by atoms with Gasteiger partial charge in [0.2, 0.25) is 0 Å². The molecule has 0 aliphatic carbocycles. The number of hydrogen-bond acceptors (Lipinski definition) is 4. The highest BCUT2D eigenvalue weighted by atomic mass is 16.3. The molecule has 0 aliphatic heterocycles. The summed E-state index contributed by atoms with van der Waals surface area (Å²) in [7, 11) is 0. The maximum atomic E-state index is 9.28. The molecule has 146 valence electrons. The van der Waals surface area contributed by atoms with Gasteiger partial charge < -0.3 is 20.6 Å². The zero-order valence-corrected chi connectivity index (χ0v) is 16.2. The van der Waals surface area contributed by atoms with Crippen LogP contribution in [0.5, 0.6) is 0 Å². The molecule has 4 N–H and O–H groups in total. The van der Waals surface area contributed by atoms with Gasteiger partial charge in [0.25, 0.3) is 0 Å². The molecule has 0 saturated carbocycles. The van der Waals surface area contributed by atoms with Gasteiger partial charge in [0.15, 0.2) is 0 Å². The van der Waals surface area contributed by atoms with E-state index in [9.17, 15) is 15.3 Å². The first kappa shape index (κ1) is 23.8. The van der Waals surface area contributed by atoms with Gasteiger partial charge in [-0.2, -0.15) is 0 Å². The number of aliphatic hydroxyl groups is 3. The van der Waals surface area contributed by atoms with Crippen LogP contribution < -0.4 is 5.32 Å². The summed E-state index contributed by atoms with van der Waals surface area (Å²) in [6, 6.07) is 0. The molecule has 24 heavy (non-hydrogen) atoms. The minimum Gasteiger partial charge on any atom is -0.394 e. The van der Waals surface area contributed by atoms with Crippen LogP contribution in [0.15, 0.2) is 0 Å². The molecule has 4 nitrogen and oxygen atoms in total. The van der Waals surface area contributed by atoms with E-state index in [1.807, 2.05) is 0 Å². The van der Waals surface area contributed by atoms with Crippen molar-refractivity contribution in [3.8, 4) is 0 Å². The lowest BCUT2D eigenvalue weighted by Gasteiger charge is -2.30. The Morgan fingerprint density at radius 3 is 1.54 bits per heavy atom. The van der Waals surface area contributed by atoms with Crippen molar-refractivity contribution in [3.05, 3.63) is 0 Å². The Kier molecular flexibility index (Phi) is 16.2. The average molecular weight is 346 g/mol. The van der Waals surface area contributed by atoms with Crippen LogP contribution in [-0.2, 0) is 0 Å². The standard InChI is InChI=1S/C20H43NO3/c1-3-4-5-6-7-8-9-10-11-12-13-14-19(2)15-21-20(16-22,17-23)18-24/h19,21-24H,3-18H2,1-2H3. The molecule has 0 aliphatic rings. The van der Waals surface area contributed by atoms with Crippen molar-refractivity contribution in [2.24, 2.45) is 5.92 Å². The van der Waals surface area contributed by atoms with Crippen molar-refractivity contribution < 1.29 is 15.3 Å². The molecule has 0 fully saturated rings. The maximum absolute atomic E-state index is 9.28. The summed E-state index contributed by atoms with van der Waals surface area (Å²) in [5.41, 5.74) is -0.939. The van der Waals surface area contributed by atoms with Gasteiger partial charge in [-0.1, -0.05) is 84.5 Å². The molecule has 4 heteroatoms. The Labute approximate surface area is 150 Å². The molecule has 0 amide bonds. The maximum Gasteiger partial charge on any atom is 0.0881 e. The molecule has 0 spiro atoms. The van der Waals surface area contributed by atoms with Gasteiger partial charge in [0.05, 0.1) is 25.4 Å². The van der Waals surface area contributed by atoms with Crippen LogP contribution in [0.1, 0.15) is 90.9 Å². The van der Waals surface area contributed by atoms with E-state index >= 15 is 0 Å². The normalized spacial score (nSPS) is 13.4. The number of hydrogen-bond donors (Lipinski definition) is 4. The molecule has 0 bridgehead atoms. The molecule has 0 heterocycles. The van der Waals surface area contributed by atoms with E-state index in [1.54, 1.807) is 0 Å². The highest BCUT2D eigenvalue weighted by molar-refractivity contribution is 4.86. The summed E-state index contributed by atoms with van der Waals surface area (Å²) in [5, 5.41) is 31.0. The van der Waals surface area contributed by atoms with Gasteiger partial charge in [-0.05, 0) is 18.9 Å². The molecule has 0 saturated heterocycles. The zero-order valence-electron chi connectivity index (χ0n) is 16.2. The van der Waals surface area contributed by atoms with Crippen LogP contribution in [0.25, 0.3) is 0 Å². The van der Waals surface area contributed by atoms with Crippen molar-refractivity contribution >= 4 is 0 Å². The highest BCUT2D eigenvalue weighted by Gasteiger charge is 2.27. The molecular formula is C20H43NO3. The first-order valence-corrected chi connectivity index (χ1v) is 10.2. The van der Waals surface area contributed by atoms with Gasteiger partial charge in [-0.3, -0.25) is 0 Å². The van der Waals surface area contributed by atoms with Gasteiger partial charge >= 0.3 is 0 Å². The second kappa shape index (κ2) is 16.3. The van der Waals surface area contributed by atoms with E-state index in [1.165, 1.54) is 70.6 Å². The van der Waals surface area contributed by atoms with Gasteiger partial charge in [-0.25, -0.2) is 0 Å². The first-order valence-electron chi connectivity index (χ1n) is 10.2. The van der Waals surface area contributed by atoms with Crippen molar-refractivity contribution in [1.29, 1.82) is 0 Å². The molecule has 1 atom stereocenters. The summed E-state index contributed by atoms with van der Waals surface area (Å²) in [5.74, 6) is 0.493. The Morgan fingerprint density at radius 2 is 1.12 bits per heavy atom. The first-order chi connectivity index (χ1) is 11.6. The quantitative estimate of drug-likeness (QED) is 0.286. The van der Waals surface area contributed by atoms with E-state index in [2.05, 4.69) is 19.2 Å². The SMILES string of the molecule is CCCCCCCCCCCCCC(C)CNC(CO)(CO)CO. The second-order valence-electron chi connectivity index (χ2n) is 7.56. The molecule has 0 aromatic rings. The van der Waals surface area contributed by atoms with Gasteiger partial charge in [-0.15, -0.1) is 0 Å². The third-order valence-corrected chi connectivity index (χ3v) is 5.03. The second-order valence-corrected chi connectivity index (χ2v) is 7.56. The summed E-state index contributed by atoms with van der Waals surface area (Å²) < 4.78 is 0. The Balaban J connectivity index is 3.45. The van der Waals surface area contributed by atoms with Crippen molar-refractivity contribution in [3.63, 3.8) is 0 Å². The van der Waals surface area contributed by atoms with Crippen molar-refractivity contribution in [2.45, 2.75) is 96.4 Å². The van der Waals surface area contributed by atoms with Crippen LogP contribution in [-0.4, -0.2) is 47.2 Å². The lowest BCUT2D eigenvalue weighted by atomic mass is 9.98. The van der Waals surface area contributed by atoms with E-state index < -0.39 is 5.54 Å². The van der Waals surface area contributed by atoms with Crippen LogP contribution in [0.4, 0.5) is 0 Å². The molecule has 0 aromatic carbocycles. The number of nitrogens with one attached hydrogen (secondary N) is 1. The predicted octanol–water partition coefficient (Wildman–Crippen LogP) is 3.63. The highest BCUT2D eigenvalue weighted by Crippen LogP contribution is 2.14. The fourth-order valence-corrected chi connectivity index (χ4v) is 2.97. The fraction of sp³-hybridized carbons (Fsp3) is 1.00. The lowest BCUT2D eigenvalue weighted by Crippen LogP contribution is -2.55. The third-order valence-electron chi connectivity index (χ3n) is 5.03. The van der Waals surface area contributed by atoms with Gasteiger partial charge in [0.1, 0.15) is 0 Å². The number of aliphatic hydroxyl groups excluding tert-OH is 3. The minimum absolute atomic E-state index is 0.245. The molecule has 0 rings (SSSR count). The third kappa shape index (κ3) is 12.2. The smallest absolute Gasteiger partial charge is 0.0881 e. The summed E-state index contributed by atoms with van der Waals surface area (Å²) >= 11 is 0. The summed E-state index contributed by atoms with van der Waals surface area (Å²) in [6.07, 6.45) is 16.1. The van der Waals surface area contributed by atoms with Crippen LogP contribution in [0, 0.1) is 5.92 Å². The summed E-state index contributed by atoms with van der Waals surface area (Å²) in [4.78, 5) is 0. The molecular weight excluding hydrogens is 302 g/mol. The van der Waals surface area contributed by atoms with E-state index in [4.69, 9.17) is 0 Å². The predicted molar refractivity (Wildman–Crippen MR) is 102 cm³/mol. The number of unbranched alkanes of at least 4 members (excludes halogenated alkanes) is 10. The van der Waals surface area contributed by atoms with Gasteiger partial charge in [0, 0.05) is 0 Å². The largest absolute Gasteiger partial charge is 0.394 e. The van der Waals surface area contributed by atoms with Crippen LogP contribution in [0.3, 0.4) is 0 Å². The summed E-state index contributed by atoms with van der Waals surface area (Å²) in [6.45, 7) is 4.43. The Morgan fingerprint density at radius 1 is 0.708 bits per heavy atom. The Hall–Kier alpha value is -0.160. The van der Waals surface area contributed by atoms with E-state index in [0.717, 1.165) is 13.0 Å². The molecule has 1 unspecified atom stereocenters. The van der Waals surface area contributed by atoms with Crippen molar-refractivity contribution in [2.75, 3.05) is 26.4 Å². The lowest BCUT2D eigenvalue weighted by molar-refractivity contribution is 0.0400. The minimum atomic E-state index is -0.939. The zero-order chi connectivity index (χ0) is 18.1. The van der Waals surface area contributed by atoms with E-state index in [0.29, 0.717) is 5.92 Å². The monoisotopic (exact) mass is 345 g/mol. The fourth-order valence-electron chi connectivity index (χ4n) is 2.97. The topological polar surface area (TPSA) is 72.7 Å². The Bertz CT molecular complexity index is 249. The molecule has 0 aromatic heterocycles. The number of rotatable bonds is 18. The van der Waals surface area contributed by atoms with Crippen LogP contribution in [0.2, 0.25) is 0 Å². The van der Waals surface area contributed by atoms with Crippen LogP contribution >= 0.6 is 0 Å². The van der Waals surface area contributed by atoms with E-state index in [-0.39, 0.29) is 19.8 Å². The van der Waals surface area contributed by atoms with Crippen molar-refractivity contribution in [1.82, 2.24) is 5.32 Å². The average Bonchev–Trinajstić information content (AvgIpc) is 2.61. The molecule has 0 radical (unpaired) electrons.